The largest absolute Gasteiger partial charge is 0.356 e. The van der Waals surface area contributed by atoms with E-state index in [0.29, 0.717) is 26.1 Å². The fourth-order valence-electron chi connectivity index (χ4n) is 3.47. The molecule has 0 aromatic heterocycles. The lowest BCUT2D eigenvalue weighted by Crippen LogP contribution is -2.45. The molecule has 0 radical (unpaired) electrons. The van der Waals surface area contributed by atoms with Crippen LogP contribution in [0.4, 0.5) is 4.39 Å². The number of nitrogens with one attached hydrogen (secondary N) is 1. The molecule has 9 heteroatoms. The van der Waals surface area contributed by atoms with Crippen LogP contribution in [0.25, 0.3) is 0 Å². The van der Waals surface area contributed by atoms with Gasteiger partial charge in [0.2, 0.25) is 21.8 Å². The number of amides is 2. The van der Waals surface area contributed by atoms with Gasteiger partial charge in [0, 0.05) is 39.6 Å². The summed E-state index contributed by atoms with van der Waals surface area (Å²) in [7, 11) is -2.28. The Bertz CT molecular complexity index is 814. The predicted octanol–water partition coefficient (Wildman–Crippen LogP) is 2.38. The molecular formula is C21H32FN3O4S. The molecule has 1 saturated heterocycles. The van der Waals surface area contributed by atoms with Crippen molar-refractivity contribution < 1.29 is 22.4 Å². The lowest BCUT2D eigenvalue weighted by atomic mass is 9.96. The molecule has 1 aliphatic heterocycles. The second kappa shape index (κ2) is 11.4. The van der Waals surface area contributed by atoms with Gasteiger partial charge in [-0.2, -0.15) is 0 Å². The first-order chi connectivity index (χ1) is 14.3. The third-order valence-electron chi connectivity index (χ3n) is 5.36. The normalized spacial score (nSPS) is 17.2. The number of carbonyl (C=O) groups is 2. The zero-order chi connectivity index (χ0) is 22.1. The van der Waals surface area contributed by atoms with Crippen molar-refractivity contribution in [3.05, 3.63) is 30.1 Å². The van der Waals surface area contributed by atoms with Crippen LogP contribution in [0.15, 0.2) is 29.2 Å². The summed E-state index contributed by atoms with van der Waals surface area (Å²) in [5.41, 5.74) is 0. The van der Waals surface area contributed by atoms with Crippen LogP contribution >= 0.6 is 0 Å². The second-order valence-corrected chi connectivity index (χ2v) is 9.75. The molecule has 0 spiro atoms. The molecule has 2 amide bonds. The summed E-state index contributed by atoms with van der Waals surface area (Å²) >= 11 is 0. The molecule has 1 aromatic rings. The number of halogens is 1. The number of piperidine rings is 1. The Hall–Kier alpha value is -2.00. The van der Waals surface area contributed by atoms with Crippen molar-refractivity contribution in [1.29, 1.82) is 0 Å². The van der Waals surface area contributed by atoms with Crippen molar-refractivity contribution >= 4 is 21.8 Å². The molecule has 0 bridgehead atoms. The third kappa shape index (κ3) is 6.77. The van der Waals surface area contributed by atoms with E-state index < -0.39 is 15.8 Å². The standard InChI is InChI=1S/C21H32FN3O4S/c1-3-4-13-23-21(27)17-7-5-15-25(16-17)20(26)8-6-14-24(2)30(28,29)19-11-9-18(22)10-12-19/h9-12,17H,3-8,13-16H2,1-2H3,(H,23,27). The first-order valence-electron chi connectivity index (χ1n) is 10.5. The Morgan fingerprint density at radius 2 is 1.93 bits per heavy atom. The predicted molar refractivity (Wildman–Crippen MR) is 113 cm³/mol. The van der Waals surface area contributed by atoms with Gasteiger partial charge >= 0.3 is 0 Å². The fourth-order valence-corrected chi connectivity index (χ4v) is 4.68. The van der Waals surface area contributed by atoms with Crippen molar-refractivity contribution in [3.8, 4) is 0 Å². The maximum Gasteiger partial charge on any atom is 0.242 e. The number of benzene rings is 1. The van der Waals surface area contributed by atoms with Gasteiger partial charge in [0.25, 0.3) is 0 Å². The molecule has 1 heterocycles. The van der Waals surface area contributed by atoms with E-state index in [1.807, 2.05) is 0 Å². The molecule has 0 aliphatic carbocycles. The monoisotopic (exact) mass is 441 g/mol. The highest BCUT2D eigenvalue weighted by Gasteiger charge is 2.28. The van der Waals surface area contributed by atoms with Crippen molar-refractivity contribution in [2.45, 2.75) is 50.3 Å². The Morgan fingerprint density at radius 3 is 2.60 bits per heavy atom. The van der Waals surface area contributed by atoms with E-state index in [1.54, 1.807) is 4.90 Å². The van der Waals surface area contributed by atoms with Crippen LogP contribution < -0.4 is 5.32 Å². The first kappa shape index (κ1) is 24.3. The quantitative estimate of drug-likeness (QED) is 0.565. The second-order valence-electron chi connectivity index (χ2n) is 7.71. The van der Waals surface area contributed by atoms with Crippen molar-refractivity contribution in [2.24, 2.45) is 5.92 Å². The lowest BCUT2D eigenvalue weighted by Gasteiger charge is -2.32. The highest BCUT2D eigenvalue weighted by Crippen LogP contribution is 2.19. The average Bonchev–Trinajstić information content (AvgIpc) is 2.74. The molecule has 2 rings (SSSR count). The van der Waals surface area contributed by atoms with Crippen LogP contribution in [0.3, 0.4) is 0 Å². The summed E-state index contributed by atoms with van der Waals surface area (Å²) in [4.78, 5) is 26.5. The number of sulfonamides is 1. The van der Waals surface area contributed by atoms with Crippen molar-refractivity contribution in [1.82, 2.24) is 14.5 Å². The fraction of sp³-hybridized carbons (Fsp3) is 0.619. The number of unbranched alkanes of at least 4 members (excludes halogenated alkanes) is 1. The van der Waals surface area contributed by atoms with E-state index in [0.717, 1.165) is 37.8 Å². The summed E-state index contributed by atoms with van der Waals surface area (Å²) < 4.78 is 39.2. The van der Waals surface area contributed by atoms with Crippen LogP contribution in [0, 0.1) is 11.7 Å². The molecule has 0 saturated carbocycles. The molecule has 1 fully saturated rings. The summed E-state index contributed by atoms with van der Waals surface area (Å²) in [5.74, 6) is -0.734. The number of hydrogen-bond donors (Lipinski definition) is 1. The van der Waals surface area contributed by atoms with Gasteiger partial charge in [-0.25, -0.2) is 17.1 Å². The molecule has 1 aromatic carbocycles. The summed E-state index contributed by atoms with van der Waals surface area (Å²) in [6.45, 7) is 3.95. The van der Waals surface area contributed by atoms with Gasteiger partial charge in [-0.15, -0.1) is 0 Å². The molecule has 30 heavy (non-hydrogen) atoms. The molecule has 1 unspecified atom stereocenters. The van der Waals surface area contributed by atoms with Crippen LogP contribution in [0.2, 0.25) is 0 Å². The van der Waals surface area contributed by atoms with Gasteiger partial charge in [-0.05, 0) is 49.9 Å². The van der Waals surface area contributed by atoms with Gasteiger partial charge < -0.3 is 10.2 Å². The van der Waals surface area contributed by atoms with E-state index in [2.05, 4.69) is 12.2 Å². The lowest BCUT2D eigenvalue weighted by molar-refractivity contribution is -0.135. The third-order valence-corrected chi connectivity index (χ3v) is 7.23. The van der Waals surface area contributed by atoms with E-state index in [1.165, 1.54) is 23.5 Å². The average molecular weight is 442 g/mol. The Labute approximate surface area is 178 Å². The minimum Gasteiger partial charge on any atom is -0.356 e. The summed E-state index contributed by atoms with van der Waals surface area (Å²) in [6.07, 6.45) is 4.11. The highest BCUT2D eigenvalue weighted by atomic mass is 32.2. The zero-order valence-electron chi connectivity index (χ0n) is 17.8. The number of nitrogens with zero attached hydrogens (tertiary/aromatic N) is 2. The Balaban J connectivity index is 1.80. The molecular weight excluding hydrogens is 409 g/mol. The van der Waals surface area contributed by atoms with E-state index in [9.17, 15) is 22.4 Å². The van der Waals surface area contributed by atoms with Crippen LogP contribution in [0.1, 0.15) is 45.4 Å². The first-order valence-corrected chi connectivity index (χ1v) is 12.0. The SMILES string of the molecule is CCCCNC(=O)C1CCCN(C(=O)CCCN(C)S(=O)(=O)c2ccc(F)cc2)C1. The highest BCUT2D eigenvalue weighted by molar-refractivity contribution is 7.89. The maximum atomic E-state index is 13.0. The number of rotatable bonds is 10. The molecule has 7 nitrogen and oxygen atoms in total. The zero-order valence-corrected chi connectivity index (χ0v) is 18.6. The minimum absolute atomic E-state index is 0.00562. The number of likely N-dealkylation sites (tertiary alicyclic amines) is 1. The van der Waals surface area contributed by atoms with Gasteiger partial charge in [0.1, 0.15) is 5.82 Å². The summed E-state index contributed by atoms with van der Waals surface area (Å²) in [5, 5.41) is 2.93. The van der Waals surface area contributed by atoms with E-state index in [4.69, 9.17) is 0 Å². The van der Waals surface area contributed by atoms with Crippen LogP contribution in [-0.4, -0.2) is 62.7 Å². The Kier molecular flexibility index (Phi) is 9.23. The number of hydrogen-bond acceptors (Lipinski definition) is 4. The van der Waals surface area contributed by atoms with Crippen molar-refractivity contribution in [2.75, 3.05) is 33.2 Å². The molecule has 1 N–H and O–H groups in total. The van der Waals surface area contributed by atoms with Crippen LogP contribution in [0.5, 0.6) is 0 Å². The molecule has 168 valence electrons. The van der Waals surface area contributed by atoms with Crippen LogP contribution in [-0.2, 0) is 19.6 Å². The van der Waals surface area contributed by atoms with Crippen molar-refractivity contribution in [3.63, 3.8) is 0 Å². The van der Waals surface area contributed by atoms with E-state index >= 15 is 0 Å². The van der Waals surface area contributed by atoms with Gasteiger partial charge in [-0.3, -0.25) is 9.59 Å². The van der Waals surface area contributed by atoms with Gasteiger partial charge in [0.15, 0.2) is 0 Å². The van der Waals surface area contributed by atoms with E-state index in [-0.39, 0.29) is 35.6 Å². The molecule has 1 aliphatic rings. The Morgan fingerprint density at radius 1 is 1.23 bits per heavy atom. The number of carbonyl (C=O) groups excluding carboxylic acids is 2. The van der Waals surface area contributed by atoms with Gasteiger partial charge in [0.05, 0.1) is 10.8 Å². The minimum atomic E-state index is -3.72. The van der Waals surface area contributed by atoms with Gasteiger partial charge in [-0.1, -0.05) is 13.3 Å². The topological polar surface area (TPSA) is 86.8 Å². The maximum absolute atomic E-state index is 13.0. The smallest absolute Gasteiger partial charge is 0.242 e. The summed E-state index contributed by atoms with van der Waals surface area (Å²) in [6, 6.07) is 4.67. The molecule has 1 atom stereocenters.